The highest BCUT2D eigenvalue weighted by atomic mass is 79.9. The Kier molecular flexibility index (Phi) is 4.02. The lowest BCUT2D eigenvalue weighted by atomic mass is 9.87. The summed E-state index contributed by atoms with van der Waals surface area (Å²) in [4.78, 5) is 0. The van der Waals surface area contributed by atoms with Crippen molar-refractivity contribution in [1.82, 2.24) is 0 Å². The van der Waals surface area contributed by atoms with Gasteiger partial charge in [-0.15, -0.1) is 0 Å². The molecule has 0 heterocycles. The second-order valence-electron chi connectivity index (χ2n) is 5.59. The first-order valence-corrected chi connectivity index (χ1v) is 7.44. The van der Waals surface area contributed by atoms with Gasteiger partial charge in [0, 0.05) is 15.6 Å². The molecule has 0 amide bonds. The lowest BCUT2D eigenvalue weighted by Gasteiger charge is -2.26. The van der Waals surface area contributed by atoms with E-state index in [0.717, 1.165) is 23.1 Å². The molecule has 0 atom stereocenters. The lowest BCUT2D eigenvalue weighted by molar-refractivity contribution is 0.401. The molecule has 1 saturated carbocycles. The van der Waals surface area contributed by atoms with E-state index in [0.29, 0.717) is 5.92 Å². The van der Waals surface area contributed by atoms with E-state index in [1.807, 2.05) is 0 Å². The number of nitrogens with two attached hydrogens (primary N) is 1. The molecular weight excluding hydrogens is 290 g/mol. The lowest BCUT2D eigenvalue weighted by Crippen LogP contribution is -2.33. The summed E-state index contributed by atoms with van der Waals surface area (Å²) < 4.78 is 6.66. The van der Waals surface area contributed by atoms with Crippen molar-refractivity contribution in [2.75, 3.05) is 7.11 Å². The van der Waals surface area contributed by atoms with Crippen molar-refractivity contribution in [3.63, 3.8) is 0 Å². The average molecular weight is 312 g/mol. The number of hydrogen-bond donors (Lipinski definition) is 1. The van der Waals surface area contributed by atoms with Gasteiger partial charge in [0.15, 0.2) is 0 Å². The van der Waals surface area contributed by atoms with Crippen LogP contribution in [0.4, 0.5) is 0 Å². The summed E-state index contributed by atoms with van der Waals surface area (Å²) >= 11 is 3.68. The summed E-state index contributed by atoms with van der Waals surface area (Å²) in [6, 6.07) is 4.31. The molecule has 2 nitrogen and oxygen atoms in total. The highest BCUT2D eigenvalue weighted by molar-refractivity contribution is 9.10. The van der Waals surface area contributed by atoms with Gasteiger partial charge < -0.3 is 10.5 Å². The van der Waals surface area contributed by atoms with Crippen molar-refractivity contribution in [1.29, 1.82) is 0 Å². The zero-order valence-electron chi connectivity index (χ0n) is 11.4. The van der Waals surface area contributed by atoms with Crippen LogP contribution in [0.2, 0.25) is 0 Å². The second kappa shape index (κ2) is 5.22. The monoisotopic (exact) mass is 311 g/mol. The van der Waals surface area contributed by atoms with Gasteiger partial charge in [0.1, 0.15) is 5.75 Å². The fourth-order valence-corrected chi connectivity index (χ4v) is 3.80. The maximum absolute atomic E-state index is 6.52. The first kappa shape index (κ1) is 13.9. The van der Waals surface area contributed by atoms with Crippen LogP contribution in [0, 0.1) is 0 Å². The minimum absolute atomic E-state index is 0.161. The molecule has 0 spiro atoms. The normalized spacial score (nSPS) is 18.3. The van der Waals surface area contributed by atoms with E-state index in [4.69, 9.17) is 10.5 Å². The van der Waals surface area contributed by atoms with Crippen LogP contribution in [-0.4, -0.2) is 7.11 Å². The Labute approximate surface area is 118 Å². The van der Waals surface area contributed by atoms with Crippen LogP contribution >= 0.6 is 15.9 Å². The van der Waals surface area contributed by atoms with Crippen molar-refractivity contribution in [3.05, 3.63) is 27.7 Å². The van der Waals surface area contributed by atoms with Gasteiger partial charge in [-0.05, 0) is 36.5 Å². The van der Waals surface area contributed by atoms with Gasteiger partial charge in [0.25, 0.3) is 0 Å². The molecule has 1 fully saturated rings. The van der Waals surface area contributed by atoms with Gasteiger partial charge in [-0.25, -0.2) is 0 Å². The molecule has 2 N–H and O–H groups in total. The van der Waals surface area contributed by atoms with Gasteiger partial charge >= 0.3 is 0 Å². The van der Waals surface area contributed by atoms with Crippen LogP contribution in [0.1, 0.15) is 56.6 Å². The van der Waals surface area contributed by atoms with Crippen LogP contribution in [0.5, 0.6) is 5.75 Å². The maximum atomic E-state index is 6.52. The third-order valence-electron chi connectivity index (χ3n) is 3.96. The summed E-state index contributed by atoms with van der Waals surface area (Å²) in [5.41, 5.74) is 8.79. The predicted molar refractivity (Wildman–Crippen MR) is 79.1 cm³/mol. The molecule has 0 aliphatic heterocycles. The predicted octanol–water partition coefficient (Wildman–Crippen LogP) is 4.31. The van der Waals surface area contributed by atoms with Crippen LogP contribution in [0.15, 0.2) is 16.6 Å². The highest BCUT2D eigenvalue weighted by Crippen LogP contribution is 2.42. The van der Waals surface area contributed by atoms with Crippen molar-refractivity contribution in [2.45, 2.75) is 51.0 Å². The highest BCUT2D eigenvalue weighted by Gasteiger charge is 2.32. The molecule has 1 aliphatic carbocycles. The maximum Gasteiger partial charge on any atom is 0.123 e. The van der Waals surface area contributed by atoms with Crippen molar-refractivity contribution in [3.8, 4) is 5.75 Å². The van der Waals surface area contributed by atoms with E-state index >= 15 is 0 Å². The summed E-state index contributed by atoms with van der Waals surface area (Å²) in [7, 11) is 1.73. The van der Waals surface area contributed by atoms with Gasteiger partial charge in [0.2, 0.25) is 0 Å². The fraction of sp³-hybridized carbons (Fsp3) is 0.600. The van der Waals surface area contributed by atoms with E-state index in [2.05, 4.69) is 41.9 Å². The summed E-state index contributed by atoms with van der Waals surface area (Å²) in [6.45, 7) is 4.35. The molecule has 100 valence electrons. The zero-order chi connectivity index (χ0) is 13.3. The minimum atomic E-state index is -0.161. The molecule has 0 saturated heterocycles. The smallest absolute Gasteiger partial charge is 0.123 e. The number of ether oxygens (including phenoxy) is 1. The molecule has 18 heavy (non-hydrogen) atoms. The van der Waals surface area contributed by atoms with Crippen LogP contribution in [0.25, 0.3) is 0 Å². The largest absolute Gasteiger partial charge is 0.496 e. The Morgan fingerprint density at radius 2 is 1.89 bits per heavy atom. The first-order chi connectivity index (χ1) is 8.48. The molecule has 1 aromatic carbocycles. The standard InChI is InChI=1S/C15H22BrNO/c1-10(2)14-12(16)8-11(9-13(14)18-3)15(17)6-4-5-7-15/h8-10H,4-7,17H2,1-3H3. The van der Waals surface area contributed by atoms with Crippen molar-refractivity contribution >= 4 is 15.9 Å². The van der Waals surface area contributed by atoms with Gasteiger partial charge in [-0.3, -0.25) is 0 Å². The zero-order valence-corrected chi connectivity index (χ0v) is 13.0. The summed E-state index contributed by atoms with van der Waals surface area (Å²) in [5.74, 6) is 1.38. The molecule has 0 aromatic heterocycles. The second-order valence-corrected chi connectivity index (χ2v) is 6.45. The Bertz CT molecular complexity index is 436. The van der Waals surface area contributed by atoms with Gasteiger partial charge in [-0.1, -0.05) is 42.6 Å². The van der Waals surface area contributed by atoms with E-state index < -0.39 is 0 Å². The molecule has 1 aromatic rings. The third-order valence-corrected chi connectivity index (χ3v) is 4.62. The van der Waals surface area contributed by atoms with Gasteiger partial charge in [0.05, 0.1) is 7.11 Å². The fourth-order valence-electron chi connectivity index (χ4n) is 2.90. The topological polar surface area (TPSA) is 35.2 Å². The summed E-state index contributed by atoms with van der Waals surface area (Å²) in [5, 5.41) is 0. The Morgan fingerprint density at radius 3 is 2.39 bits per heavy atom. The first-order valence-electron chi connectivity index (χ1n) is 6.65. The van der Waals surface area contributed by atoms with Crippen LogP contribution < -0.4 is 10.5 Å². The Hall–Kier alpha value is -0.540. The number of rotatable bonds is 3. The van der Waals surface area contributed by atoms with E-state index in [1.165, 1.54) is 24.0 Å². The number of hydrogen-bond acceptors (Lipinski definition) is 2. The quantitative estimate of drug-likeness (QED) is 0.902. The number of benzene rings is 1. The van der Waals surface area contributed by atoms with E-state index in [9.17, 15) is 0 Å². The van der Waals surface area contributed by atoms with Crippen LogP contribution in [-0.2, 0) is 5.54 Å². The molecule has 0 bridgehead atoms. The Morgan fingerprint density at radius 1 is 1.28 bits per heavy atom. The van der Waals surface area contributed by atoms with Crippen molar-refractivity contribution in [2.24, 2.45) is 5.73 Å². The minimum Gasteiger partial charge on any atom is -0.496 e. The third kappa shape index (κ3) is 2.43. The number of halogens is 1. The van der Waals surface area contributed by atoms with Crippen LogP contribution in [0.3, 0.4) is 0 Å². The average Bonchev–Trinajstić information content (AvgIpc) is 2.75. The molecule has 0 unspecified atom stereocenters. The molecule has 3 heteroatoms. The molecule has 2 rings (SSSR count). The van der Waals surface area contributed by atoms with Crippen molar-refractivity contribution < 1.29 is 4.74 Å². The van der Waals surface area contributed by atoms with E-state index in [1.54, 1.807) is 7.11 Å². The SMILES string of the molecule is COc1cc(C2(N)CCCC2)cc(Br)c1C(C)C. The molecule has 1 aliphatic rings. The molecular formula is C15H22BrNO. The van der Waals surface area contributed by atoms with E-state index in [-0.39, 0.29) is 5.54 Å². The molecule has 0 radical (unpaired) electrons. The van der Waals surface area contributed by atoms with Gasteiger partial charge in [-0.2, -0.15) is 0 Å². The number of methoxy groups -OCH3 is 1. The summed E-state index contributed by atoms with van der Waals surface area (Å²) in [6.07, 6.45) is 4.60. The Balaban J connectivity index is 2.49.